The number of aryl methyl sites for hydroxylation is 1. The van der Waals surface area contributed by atoms with E-state index in [1.54, 1.807) is 7.11 Å². The maximum absolute atomic E-state index is 9.34. The van der Waals surface area contributed by atoms with Crippen LogP contribution in [0.5, 0.6) is 5.75 Å². The van der Waals surface area contributed by atoms with Gasteiger partial charge < -0.3 is 10.5 Å². The number of thiophene rings is 1. The highest BCUT2D eigenvalue weighted by atomic mass is 32.1. The molecule has 0 saturated heterocycles. The molecular formula is C15H14N2OS. The first kappa shape index (κ1) is 13.2. The summed E-state index contributed by atoms with van der Waals surface area (Å²) in [4.78, 5) is 0.864. The van der Waals surface area contributed by atoms with Crippen molar-refractivity contribution in [2.75, 3.05) is 7.11 Å². The van der Waals surface area contributed by atoms with E-state index in [1.165, 1.54) is 11.3 Å². The zero-order chi connectivity index (χ0) is 13.8. The Labute approximate surface area is 116 Å². The van der Waals surface area contributed by atoms with Crippen molar-refractivity contribution in [2.24, 2.45) is 5.73 Å². The van der Waals surface area contributed by atoms with Crippen LogP contribution in [-0.4, -0.2) is 7.11 Å². The Balaban J connectivity index is 2.63. The van der Waals surface area contributed by atoms with Crippen molar-refractivity contribution in [3.8, 4) is 11.8 Å². The molecule has 0 radical (unpaired) electrons. The van der Waals surface area contributed by atoms with Gasteiger partial charge in [-0.15, -0.1) is 11.3 Å². The first-order valence-corrected chi connectivity index (χ1v) is 6.64. The van der Waals surface area contributed by atoms with Gasteiger partial charge >= 0.3 is 0 Å². The third-order valence-electron chi connectivity index (χ3n) is 2.79. The first-order valence-electron chi connectivity index (χ1n) is 5.76. The molecule has 0 aliphatic carbocycles. The second-order valence-electron chi connectivity index (χ2n) is 4.08. The lowest BCUT2D eigenvalue weighted by molar-refractivity contribution is 0.413. The van der Waals surface area contributed by atoms with E-state index in [2.05, 4.69) is 6.07 Å². The summed E-state index contributed by atoms with van der Waals surface area (Å²) in [6, 6.07) is 11.7. The standard InChI is InChI=1S/C15H14N2OS/c1-10-5-6-13(18-2)11(8-10)15(17)12(9-16)14-4-3-7-19-14/h3-8H,17H2,1-2H3/b15-12+. The fourth-order valence-electron chi connectivity index (χ4n) is 1.84. The van der Waals surface area contributed by atoms with Crippen LogP contribution in [0, 0.1) is 18.3 Å². The molecule has 1 heterocycles. The van der Waals surface area contributed by atoms with Crippen LogP contribution < -0.4 is 10.5 Å². The van der Waals surface area contributed by atoms with Gasteiger partial charge in [0.2, 0.25) is 0 Å². The van der Waals surface area contributed by atoms with Gasteiger partial charge in [-0.1, -0.05) is 17.7 Å². The Morgan fingerprint density at radius 2 is 2.16 bits per heavy atom. The Morgan fingerprint density at radius 1 is 1.37 bits per heavy atom. The number of nitriles is 1. The Bertz CT molecular complexity index is 651. The minimum Gasteiger partial charge on any atom is -0.496 e. The van der Waals surface area contributed by atoms with Gasteiger partial charge in [-0.3, -0.25) is 0 Å². The molecule has 96 valence electrons. The minimum atomic E-state index is 0.450. The van der Waals surface area contributed by atoms with Crippen LogP contribution in [0.1, 0.15) is 16.0 Å². The molecule has 0 fully saturated rings. The first-order chi connectivity index (χ1) is 9.17. The molecule has 19 heavy (non-hydrogen) atoms. The molecule has 0 aliphatic heterocycles. The van der Waals surface area contributed by atoms with Crippen molar-refractivity contribution in [1.29, 1.82) is 5.26 Å². The van der Waals surface area contributed by atoms with Gasteiger partial charge in [0.15, 0.2) is 0 Å². The lowest BCUT2D eigenvalue weighted by Crippen LogP contribution is -2.03. The highest BCUT2D eigenvalue weighted by molar-refractivity contribution is 7.11. The smallest absolute Gasteiger partial charge is 0.128 e. The van der Waals surface area contributed by atoms with Gasteiger partial charge in [-0.25, -0.2) is 0 Å². The Morgan fingerprint density at radius 3 is 2.74 bits per heavy atom. The number of allylic oxidation sites excluding steroid dienone is 1. The third-order valence-corrected chi connectivity index (χ3v) is 3.68. The summed E-state index contributed by atoms with van der Waals surface area (Å²) in [5.74, 6) is 0.674. The van der Waals surface area contributed by atoms with Gasteiger partial charge in [-0.05, 0) is 30.5 Å². The largest absolute Gasteiger partial charge is 0.496 e. The number of benzene rings is 1. The van der Waals surface area contributed by atoms with Crippen LogP contribution >= 0.6 is 11.3 Å². The summed E-state index contributed by atoms with van der Waals surface area (Å²) in [7, 11) is 1.60. The lowest BCUT2D eigenvalue weighted by atomic mass is 10.0. The summed E-state index contributed by atoms with van der Waals surface area (Å²) >= 11 is 1.50. The summed E-state index contributed by atoms with van der Waals surface area (Å²) < 4.78 is 5.31. The van der Waals surface area contributed by atoms with Gasteiger partial charge in [-0.2, -0.15) is 5.26 Å². The molecule has 0 unspecified atom stereocenters. The molecule has 2 rings (SSSR count). The van der Waals surface area contributed by atoms with Gasteiger partial charge in [0.25, 0.3) is 0 Å². The Hall–Kier alpha value is -2.25. The van der Waals surface area contributed by atoms with Crippen molar-refractivity contribution >= 4 is 22.6 Å². The minimum absolute atomic E-state index is 0.450. The number of hydrogen-bond acceptors (Lipinski definition) is 4. The third kappa shape index (κ3) is 2.61. The van der Waals surface area contributed by atoms with Crippen molar-refractivity contribution in [1.82, 2.24) is 0 Å². The van der Waals surface area contributed by atoms with E-state index in [0.29, 0.717) is 17.0 Å². The maximum Gasteiger partial charge on any atom is 0.128 e. The normalized spacial score (nSPS) is 11.6. The van der Waals surface area contributed by atoms with E-state index >= 15 is 0 Å². The van der Waals surface area contributed by atoms with Gasteiger partial charge in [0.05, 0.1) is 18.4 Å². The summed E-state index contributed by atoms with van der Waals surface area (Å²) in [5, 5.41) is 11.3. The SMILES string of the molecule is COc1ccc(C)cc1/C(N)=C(/C#N)c1cccs1. The highest BCUT2D eigenvalue weighted by Gasteiger charge is 2.13. The molecule has 1 aromatic carbocycles. The molecular weight excluding hydrogens is 256 g/mol. The molecule has 0 amide bonds. The van der Waals surface area contributed by atoms with Crippen molar-refractivity contribution in [3.05, 3.63) is 51.7 Å². The summed E-state index contributed by atoms with van der Waals surface area (Å²) in [5.41, 5.74) is 8.93. The zero-order valence-corrected chi connectivity index (χ0v) is 11.6. The topological polar surface area (TPSA) is 59.0 Å². The quantitative estimate of drug-likeness (QED) is 0.869. The van der Waals surface area contributed by atoms with Crippen molar-refractivity contribution in [2.45, 2.75) is 6.92 Å². The molecule has 0 spiro atoms. The van der Waals surface area contributed by atoms with Gasteiger partial charge in [0, 0.05) is 10.4 Å². The maximum atomic E-state index is 9.34. The van der Waals surface area contributed by atoms with E-state index in [9.17, 15) is 5.26 Å². The number of ether oxygens (including phenoxy) is 1. The highest BCUT2D eigenvalue weighted by Crippen LogP contribution is 2.31. The average Bonchev–Trinajstić information content (AvgIpc) is 2.93. The van der Waals surface area contributed by atoms with Crippen LogP contribution in [0.25, 0.3) is 11.3 Å². The van der Waals surface area contributed by atoms with Crippen LogP contribution in [0.4, 0.5) is 0 Å². The zero-order valence-electron chi connectivity index (χ0n) is 10.8. The fraction of sp³-hybridized carbons (Fsp3) is 0.133. The van der Waals surface area contributed by atoms with E-state index < -0.39 is 0 Å². The molecule has 2 aromatic rings. The lowest BCUT2D eigenvalue weighted by Gasteiger charge is -2.11. The molecule has 0 saturated carbocycles. The number of hydrogen-bond donors (Lipinski definition) is 1. The molecule has 2 N–H and O–H groups in total. The fourth-order valence-corrected chi connectivity index (χ4v) is 2.57. The van der Waals surface area contributed by atoms with Crippen molar-refractivity contribution < 1.29 is 4.74 Å². The monoisotopic (exact) mass is 270 g/mol. The van der Waals surface area contributed by atoms with E-state index in [-0.39, 0.29) is 0 Å². The summed E-state index contributed by atoms with van der Waals surface area (Å²) in [6.45, 7) is 1.98. The summed E-state index contributed by atoms with van der Waals surface area (Å²) in [6.07, 6.45) is 0. The second-order valence-corrected chi connectivity index (χ2v) is 5.03. The molecule has 0 bridgehead atoms. The van der Waals surface area contributed by atoms with Gasteiger partial charge in [0.1, 0.15) is 11.8 Å². The number of methoxy groups -OCH3 is 1. The molecule has 4 heteroatoms. The molecule has 0 atom stereocenters. The van der Waals surface area contributed by atoms with E-state index in [0.717, 1.165) is 16.0 Å². The van der Waals surface area contributed by atoms with Crippen LogP contribution in [0.2, 0.25) is 0 Å². The van der Waals surface area contributed by atoms with E-state index in [1.807, 2.05) is 42.6 Å². The Kier molecular flexibility index (Phi) is 3.88. The molecule has 1 aromatic heterocycles. The van der Waals surface area contributed by atoms with Crippen LogP contribution in [-0.2, 0) is 0 Å². The molecule has 3 nitrogen and oxygen atoms in total. The second kappa shape index (κ2) is 5.59. The number of rotatable bonds is 3. The molecule has 0 aliphatic rings. The van der Waals surface area contributed by atoms with Crippen molar-refractivity contribution in [3.63, 3.8) is 0 Å². The van der Waals surface area contributed by atoms with E-state index in [4.69, 9.17) is 10.5 Å². The van der Waals surface area contributed by atoms with Crippen LogP contribution in [0.3, 0.4) is 0 Å². The van der Waals surface area contributed by atoms with Crippen LogP contribution in [0.15, 0.2) is 35.7 Å². The number of nitrogens with two attached hydrogens (primary N) is 1. The number of nitrogens with zero attached hydrogens (tertiary/aromatic N) is 1. The average molecular weight is 270 g/mol. The predicted octanol–water partition coefficient (Wildman–Crippen LogP) is 3.42. The predicted molar refractivity (Wildman–Crippen MR) is 78.7 cm³/mol.